The first-order valence-electron chi connectivity index (χ1n) is 8.00. The summed E-state index contributed by atoms with van der Waals surface area (Å²) in [6.45, 7) is 3.66. The molecule has 0 aromatic carbocycles. The molecule has 5 nitrogen and oxygen atoms in total. The van der Waals surface area contributed by atoms with E-state index in [1.165, 1.54) is 25.7 Å². The highest BCUT2D eigenvalue weighted by Gasteiger charge is 2.40. The van der Waals surface area contributed by atoms with Crippen molar-refractivity contribution in [3.63, 3.8) is 0 Å². The van der Waals surface area contributed by atoms with Gasteiger partial charge in [0.05, 0.1) is 0 Å². The van der Waals surface area contributed by atoms with Crippen LogP contribution in [0.15, 0.2) is 12.1 Å². The second-order valence-electron chi connectivity index (χ2n) is 6.45. The Morgan fingerprint density at radius 3 is 2.76 bits per heavy atom. The van der Waals surface area contributed by atoms with Crippen LogP contribution >= 0.6 is 0 Å². The first kappa shape index (κ1) is 14.3. The Kier molecular flexibility index (Phi) is 4.08. The molecule has 2 fully saturated rings. The average Bonchev–Trinajstić information content (AvgIpc) is 3.10. The monoisotopic (exact) mass is 288 g/mol. The molecule has 2 bridgehead atoms. The smallest absolute Gasteiger partial charge is 0.274 e. The van der Waals surface area contributed by atoms with Crippen molar-refractivity contribution < 1.29 is 4.79 Å². The molecule has 2 aliphatic rings. The summed E-state index contributed by atoms with van der Waals surface area (Å²) in [5.41, 5.74) is 0.433. The van der Waals surface area contributed by atoms with Gasteiger partial charge in [-0.25, -0.2) is 0 Å². The van der Waals surface area contributed by atoms with Crippen molar-refractivity contribution in [2.75, 3.05) is 25.5 Å². The highest BCUT2D eigenvalue weighted by atomic mass is 16.2. The quantitative estimate of drug-likeness (QED) is 0.904. The fourth-order valence-electron chi connectivity index (χ4n) is 3.95. The molecular formula is C16H24N4O. The molecule has 21 heavy (non-hydrogen) atoms. The molecule has 0 saturated heterocycles. The third-order valence-corrected chi connectivity index (χ3v) is 4.98. The van der Waals surface area contributed by atoms with Gasteiger partial charge < -0.3 is 10.2 Å². The van der Waals surface area contributed by atoms with Crippen molar-refractivity contribution in [1.29, 1.82) is 0 Å². The normalized spacial score (nSPS) is 26.9. The molecule has 3 atom stereocenters. The molecule has 1 aromatic heterocycles. The van der Waals surface area contributed by atoms with E-state index in [0.29, 0.717) is 17.4 Å². The predicted octanol–water partition coefficient (Wildman–Crippen LogP) is 2.42. The average molecular weight is 288 g/mol. The van der Waals surface area contributed by atoms with E-state index < -0.39 is 0 Å². The SMILES string of the molecule is CCNc1ccc(C(=O)N(C)CC2CC3CCC2C3)nn1. The maximum Gasteiger partial charge on any atom is 0.274 e. The molecule has 2 aliphatic carbocycles. The van der Waals surface area contributed by atoms with Crippen LogP contribution in [0.3, 0.4) is 0 Å². The van der Waals surface area contributed by atoms with E-state index in [2.05, 4.69) is 15.5 Å². The summed E-state index contributed by atoms with van der Waals surface area (Å²) in [6.07, 6.45) is 5.43. The minimum absolute atomic E-state index is 0.0201. The van der Waals surface area contributed by atoms with Gasteiger partial charge in [-0.05, 0) is 56.1 Å². The van der Waals surface area contributed by atoms with Gasteiger partial charge in [-0.3, -0.25) is 4.79 Å². The van der Waals surface area contributed by atoms with Crippen LogP contribution in [-0.4, -0.2) is 41.1 Å². The molecule has 3 rings (SSSR count). The zero-order valence-corrected chi connectivity index (χ0v) is 12.9. The molecular weight excluding hydrogens is 264 g/mol. The van der Waals surface area contributed by atoms with Crippen molar-refractivity contribution in [3.8, 4) is 0 Å². The van der Waals surface area contributed by atoms with E-state index >= 15 is 0 Å². The number of carbonyl (C=O) groups is 1. The summed E-state index contributed by atoms with van der Waals surface area (Å²) >= 11 is 0. The van der Waals surface area contributed by atoms with Crippen molar-refractivity contribution in [3.05, 3.63) is 17.8 Å². The zero-order chi connectivity index (χ0) is 14.8. The molecule has 3 unspecified atom stereocenters. The van der Waals surface area contributed by atoms with Gasteiger partial charge in [0.15, 0.2) is 5.69 Å². The molecule has 114 valence electrons. The number of rotatable bonds is 5. The van der Waals surface area contributed by atoms with E-state index in [1.807, 2.05) is 24.9 Å². The Morgan fingerprint density at radius 2 is 2.19 bits per heavy atom. The maximum atomic E-state index is 12.4. The van der Waals surface area contributed by atoms with Gasteiger partial charge in [0.1, 0.15) is 5.82 Å². The van der Waals surface area contributed by atoms with Crippen LogP contribution < -0.4 is 5.32 Å². The highest BCUT2D eigenvalue weighted by Crippen LogP contribution is 2.48. The molecule has 0 spiro atoms. The van der Waals surface area contributed by atoms with Gasteiger partial charge in [-0.1, -0.05) is 6.42 Å². The van der Waals surface area contributed by atoms with Crippen LogP contribution in [0.25, 0.3) is 0 Å². The van der Waals surface area contributed by atoms with E-state index in [9.17, 15) is 4.79 Å². The number of hydrogen-bond donors (Lipinski definition) is 1. The van der Waals surface area contributed by atoms with Crippen LogP contribution in [-0.2, 0) is 0 Å². The highest BCUT2D eigenvalue weighted by molar-refractivity contribution is 5.92. The lowest BCUT2D eigenvalue weighted by Crippen LogP contribution is -2.34. The van der Waals surface area contributed by atoms with Crippen molar-refractivity contribution in [2.24, 2.45) is 17.8 Å². The summed E-state index contributed by atoms with van der Waals surface area (Å²) in [5.74, 6) is 3.14. The number of nitrogens with zero attached hydrogens (tertiary/aromatic N) is 3. The maximum absolute atomic E-state index is 12.4. The third-order valence-electron chi connectivity index (χ3n) is 4.98. The summed E-state index contributed by atoms with van der Waals surface area (Å²) in [7, 11) is 1.88. The lowest BCUT2D eigenvalue weighted by molar-refractivity contribution is 0.0747. The van der Waals surface area contributed by atoms with Crippen LogP contribution in [0.5, 0.6) is 0 Å². The predicted molar refractivity (Wildman–Crippen MR) is 82.1 cm³/mol. The molecule has 0 radical (unpaired) electrons. The second-order valence-corrected chi connectivity index (χ2v) is 6.45. The summed E-state index contributed by atoms with van der Waals surface area (Å²) in [6, 6.07) is 3.57. The number of amides is 1. The molecule has 0 aliphatic heterocycles. The summed E-state index contributed by atoms with van der Waals surface area (Å²) < 4.78 is 0. The minimum Gasteiger partial charge on any atom is -0.369 e. The van der Waals surface area contributed by atoms with E-state index in [1.54, 1.807) is 6.07 Å². The molecule has 1 amide bonds. The van der Waals surface area contributed by atoms with E-state index in [4.69, 9.17) is 0 Å². The molecule has 1 aromatic rings. The molecule has 1 heterocycles. The largest absolute Gasteiger partial charge is 0.369 e. The number of aromatic nitrogens is 2. The van der Waals surface area contributed by atoms with E-state index in [0.717, 1.165) is 24.9 Å². The minimum atomic E-state index is -0.0201. The molecule has 1 N–H and O–H groups in total. The van der Waals surface area contributed by atoms with Crippen LogP contribution in [0.1, 0.15) is 43.1 Å². The standard InChI is InChI=1S/C16H24N4O/c1-3-17-15-7-6-14(18-19-15)16(21)20(2)10-13-9-11-4-5-12(13)8-11/h6-7,11-13H,3-5,8-10H2,1-2H3,(H,17,19). The number of carbonyl (C=O) groups excluding carboxylic acids is 1. The zero-order valence-electron chi connectivity index (χ0n) is 12.9. The number of hydrogen-bond acceptors (Lipinski definition) is 4. The fourth-order valence-corrected chi connectivity index (χ4v) is 3.95. The van der Waals surface area contributed by atoms with Gasteiger partial charge in [-0.2, -0.15) is 0 Å². The lowest BCUT2D eigenvalue weighted by atomic mass is 9.88. The summed E-state index contributed by atoms with van der Waals surface area (Å²) in [4.78, 5) is 14.2. The third kappa shape index (κ3) is 3.01. The molecule has 5 heteroatoms. The first-order chi connectivity index (χ1) is 10.2. The second kappa shape index (κ2) is 6.00. The van der Waals surface area contributed by atoms with Crippen molar-refractivity contribution in [1.82, 2.24) is 15.1 Å². The number of anilines is 1. The Hall–Kier alpha value is -1.65. The fraction of sp³-hybridized carbons (Fsp3) is 0.688. The van der Waals surface area contributed by atoms with Crippen LogP contribution in [0, 0.1) is 17.8 Å². The van der Waals surface area contributed by atoms with Crippen molar-refractivity contribution in [2.45, 2.75) is 32.6 Å². The van der Waals surface area contributed by atoms with Gasteiger partial charge in [-0.15, -0.1) is 10.2 Å². The van der Waals surface area contributed by atoms with Crippen LogP contribution in [0.4, 0.5) is 5.82 Å². The molecule has 2 saturated carbocycles. The first-order valence-corrected chi connectivity index (χ1v) is 8.00. The van der Waals surface area contributed by atoms with Gasteiger partial charge >= 0.3 is 0 Å². The Balaban J connectivity index is 1.59. The lowest BCUT2D eigenvalue weighted by Gasteiger charge is -2.27. The topological polar surface area (TPSA) is 58.1 Å². The Labute approximate surface area is 126 Å². The van der Waals surface area contributed by atoms with Gasteiger partial charge in [0.2, 0.25) is 0 Å². The summed E-state index contributed by atoms with van der Waals surface area (Å²) in [5, 5.41) is 11.2. The van der Waals surface area contributed by atoms with Crippen molar-refractivity contribution >= 4 is 11.7 Å². The number of fused-ring (bicyclic) bond motifs is 2. The Morgan fingerprint density at radius 1 is 1.33 bits per heavy atom. The van der Waals surface area contributed by atoms with Gasteiger partial charge in [0.25, 0.3) is 5.91 Å². The van der Waals surface area contributed by atoms with Crippen LogP contribution in [0.2, 0.25) is 0 Å². The number of nitrogens with one attached hydrogen (secondary N) is 1. The van der Waals surface area contributed by atoms with E-state index in [-0.39, 0.29) is 5.91 Å². The Bertz CT molecular complexity index is 502. The van der Waals surface area contributed by atoms with Gasteiger partial charge in [0, 0.05) is 20.1 Å².